The van der Waals surface area contributed by atoms with Gasteiger partial charge in [-0.05, 0) is 32.2 Å². The van der Waals surface area contributed by atoms with Crippen LogP contribution < -0.4 is 5.73 Å². The molecule has 0 bridgehead atoms. The monoisotopic (exact) mass is 170 g/mol. The van der Waals surface area contributed by atoms with Crippen LogP contribution in [0.3, 0.4) is 0 Å². The van der Waals surface area contributed by atoms with Crippen molar-refractivity contribution in [2.45, 2.75) is 45.7 Å². The summed E-state index contributed by atoms with van der Waals surface area (Å²) in [4.78, 5) is 2.53. The molecule has 0 amide bonds. The van der Waals surface area contributed by atoms with Gasteiger partial charge in [-0.2, -0.15) is 0 Å². The first-order valence-electron chi connectivity index (χ1n) is 5.14. The molecule has 3 atom stereocenters. The largest absolute Gasteiger partial charge is 0.327 e. The Morgan fingerprint density at radius 2 is 2.17 bits per heavy atom. The van der Waals surface area contributed by atoms with Gasteiger partial charge in [0.15, 0.2) is 0 Å². The van der Waals surface area contributed by atoms with Gasteiger partial charge in [-0.25, -0.2) is 0 Å². The molecule has 2 nitrogen and oxygen atoms in total. The van der Waals surface area contributed by atoms with Gasteiger partial charge in [0, 0.05) is 18.6 Å². The fraction of sp³-hybridized carbons (Fsp3) is 1.00. The molecule has 1 fully saturated rings. The molecule has 2 heteroatoms. The first kappa shape index (κ1) is 10.0. The van der Waals surface area contributed by atoms with Crippen molar-refractivity contribution in [1.29, 1.82) is 0 Å². The molecule has 1 rings (SSSR count). The van der Waals surface area contributed by atoms with Crippen molar-refractivity contribution in [1.82, 2.24) is 4.90 Å². The zero-order valence-corrected chi connectivity index (χ0v) is 8.59. The van der Waals surface area contributed by atoms with Crippen molar-refractivity contribution in [3.63, 3.8) is 0 Å². The smallest absolute Gasteiger partial charge is 0.0165 e. The maximum atomic E-state index is 5.92. The average Bonchev–Trinajstić information content (AvgIpc) is 2.36. The lowest BCUT2D eigenvalue weighted by Crippen LogP contribution is -2.39. The molecule has 0 aromatic heterocycles. The van der Waals surface area contributed by atoms with E-state index in [1.807, 2.05) is 0 Å². The summed E-state index contributed by atoms with van der Waals surface area (Å²) >= 11 is 0. The summed E-state index contributed by atoms with van der Waals surface area (Å²) in [5.41, 5.74) is 5.92. The Morgan fingerprint density at radius 3 is 2.58 bits per heavy atom. The highest BCUT2D eigenvalue weighted by Crippen LogP contribution is 2.23. The van der Waals surface area contributed by atoms with E-state index in [9.17, 15) is 0 Å². The third kappa shape index (κ3) is 2.20. The van der Waals surface area contributed by atoms with Crippen LogP contribution >= 0.6 is 0 Å². The topological polar surface area (TPSA) is 29.3 Å². The van der Waals surface area contributed by atoms with Crippen LogP contribution in [0.1, 0.15) is 33.6 Å². The van der Waals surface area contributed by atoms with Crippen LogP contribution in [-0.2, 0) is 0 Å². The van der Waals surface area contributed by atoms with Gasteiger partial charge < -0.3 is 5.73 Å². The minimum absolute atomic E-state index is 0.373. The quantitative estimate of drug-likeness (QED) is 0.694. The van der Waals surface area contributed by atoms with Gasteiger partial charge in [0.25, 0.3) is 0 Å². The van der Waals surface area contributed by atoms with Crippen LogP contribution in [0.4, 0.5) is 0 Å². The number of hydrogen-bond donors (Lipinski definition) is 1. The summed E-state index contributed by atoms with van der Waals surface area (Å²) in [5, 5.41) is 0. The fourth-order valence-electron chi connectivity index (χ4n) is 1.86. The Morgan fingerprint density at radius 1 is 1.50 bits per heavy atom. The van der Waals surface area contributed by atoms with Crippen molar-refractivity contribution in [3.8, 4) is 0 Å². The van der Waals surface area contributed by atoms with Gasteiger partial charge in [-0.3, -0.25) is 4.90 Å². The molecular formula is C10H22N2. The Balaban J connectivity index is 2.33. The van der Waals surface area contributed by atoms with E-state index in [2.05, 4.69) is 25.7 Å². The van der Waals surface area contributed by atoms with Crippen LogP contribution in [0, 0.1) is 5.92 Å². The van der Waals surface area contributed by atoms with Crippen LogP contribution in [0.2, 0.25) is 0 Å². The van der Waals surface area contributed by atoms with Crippen molar-refractivity contribution < 1.29 is 0 Å². The van der Waals surface area contributed by atoms with Gasteiger partial charge in [-0.15, -0.1) is 0 Å². The van der Waals surface area contributed by atoms with Gasteiger partial charge >= 0.3 is 0 Å². The average molecular weight is 170 g/mol. The maximum absolute atomic E-state index is 5.92. The van der Waals surface area contributed by atoms with E-state index in [-0.39, 0.29) is 0 Å². The Kier molecular flexibility index (Phi) is 3.53. The second-order valence-corrected chi connectivity index (χ2v) is 4.17. The lowest BCUT2D eigenvalue weighted by Gasteiger charge is -2.25. The summed E-state index contributed by atoms with van der Waals surface area (Å²) in [7, 11) is 0. The molecule has 12 heavy (non-hydrogen) atoms. The third-order valence-electron chi connectivity index (χ3n) is 3.26. The Bertz CT molecular complexity index is 136. The maximum Gasteiger partial charge on any atom is 0.0165 e. The van der Waals surface area contributed by atoms with Gasteiger partial charge in [0.2, 0.25) is 0 Å². The van der Waals surface area contributed by atoms with E-state index in [0.29, 0.717) is 6.04 Å². The predicted octanol–water partition coefficient (Wildman–Crippen LogP) is 1.45. The molecule has 1 heterocycles. The fourth-order valence-corrected chi connectivity index (χ4v) is 1.86. The van der Waals surface area contributed by atoms with Gasteiger partial charge in [0.1, 0.15) is 0 Å². The Hall–Kier alpha value is -0.0800. The molecule has 72 valence electrons. The molecule has 0 radical (unpaired) electrons. The van der Waals surface area contributed by atoms with Crippen molar-refractivity contribution in [2.75, 3.05) is 13.1 Å². The SMILES string of the molecule is CC[C@@H](N)CN1CCC(C)C1C. The predicted molar refractivity (Wildman–Crippen MR) is 53.1 cm³/mol. The van der Waals surface area contributed by atoms with E-state index >= 15 is 0 Å². The highest BCUT2D eigenvalue weighted by Gasteiger charge is 2.27. The minimum atomic E-state index is 0.373. The number of rotatable bonds is 3. The van der Waals surface area contributed by atoms with Crippen LogP contribution in [0.25, 0.3) is 0 Å². The molecule has 0 spiro atoms. The van der Waals surface area contributed by atoms with E-state index in [0.717, 1.165) is 24.9 Å². The molecular weight excluding hydrogens is 148 g/mol. The zero-order chi connectivity index (χ0) is 9.14. The first-order valence-corrected chi connectivity index (χ1v) is 5.14. The third-order valence-corrected chi connectivity index (χ3v) is 3.26. The molecule has 1 saturated heterocycles. The molecule has 2 unspecified atom stereocenters. The highest BCUT2D eigenvalue weighted by molar-refractivity contribution is 4.83. The molecule has 0 aromatic carbocycles. The molecule has 2 N–H and O–H groups in total. The Labute approximate surface area is 76.1 Å². The molecule has 0 saturated carbocycles. The summed E-state index contributed by atoms with van der Waals surface area (Å²) in [6.07, 6.45) is 2.44. The summed E-state index contributed by atoms with van der Waals surface area (Å²) in [6, 6.07) is 1.11. The van der Waals surface area contributed by atoms with Gasteiger partial charge in [0.05, 0.1) is 0 Å². The van der Waals surface area contributed by atoms with E-state index < -0.39 is 0 Å². The molecule has 1 aliphatic heterocycles. The number of hydrogen-bond acceptors (Lipinski definition) is 2. The van der Waals surface area contributed by atoms with E-state index in [1.165, 1.54) is 13.0 Å². The zero-order valence-electron chi connectivity index (χ0n) is 8.59. The lowest BCUT2D eigenvalue weighted by molar-refractivity contribution is 0.231. The number of likely N-dealkylation sites (tertiary alicyclic amines) is 1. The summed E-state index contributed by atoms with van der Waals surface area (Å²) < 4.78 is 0. The summed E-state index contributed by atoms with van der Waals surface area (Å²) in [5.74, 6) is 0.856. The summed E-state index contributed by atoms with van der Waals surface area (Å²) in [6.45, 7) is 9.15. The van der Waals surface area contributed by atoms with Crippen molar-refractivity contribution >= 4 is 0 Å². The standard InChI is InChI=1S/C10H22N2/c1-4-10(11)7-12-6-5-8(2)9(12)3/h8-10H,4-7,11H2,1-3H3/t8?,9?,10-/m1/s1. The highest BCUT2D eigenvalue weighted by atomic mass is 15.2. The van der Waals surface area contributed by atoms with Crippen LogP contribution in [0.5, 0.6) is 0 Å². The first-order chi connectivity index (χ1) is 5.65. The van der Waals surface area contributed by atoms with E-state index in [1.54, 1.807) is 0 Å². The second-order valence-electron chi connectivity index (χ2n) is 4.17. The van der Waals surface area contributed by atoms with Crippen LogP contribution in [-0.4, -0.2) is 30.1 Å². The van der Waals surface area contributed by atoms with Crippen molar-refractivity contribution in [2.24, 2.45) is 11.7 Å². The minimum Gasteiger partial charge on any atom is -0.327 e. The lowest BCUT2D eigenvalue weighted by atomic mass is 10.1. The molecule has 0 aliphatic carbocycles. The van der Waals surface area contributed by atoms with Gasteiger partial charge in [-0.1, -0.05) is 13.8 Å². The molecule has 0 aromatic rings. The number of nitrogens with two attached hydrogens (primary N) is 1. The normalized spacial score (nSPS) is 34.0. The van der Waals surface area contributed by atoms with Crippen LogP contribution in [0.15, 0.2) is 0 Å². The molecule has 1 aliphatic rings. The second kappa shape index (κ2) is 4.24. The number of nitrogens with zero attached hydrogens (tertiary/aromatic N) is 1. The van der Waals surface area contributed by atoms with E-state index in [4.69, 9.17) is 5.73 Å². The van der Waals surface area contributed by atoms with Crippen molar-refractivity contribution in [3.05, 3.63) is 0 Å².